The SMILES string of the molecule is CONS(=O)(=O)c1ccc(C(=O)OC)cc1. The first-order valence-electron chi connectivity index (χ1n) is 4.24. The zero-order valence-electron chi connectivity index (χ0n) is 8.76. The van der Waals surface area contributed by atoms with E-state index in [1.807, 2.05) is 4.89 Å². The largest absolute Gasteiger partial charge is 0.465 e. The van der Waals surface area contributed by atoms with Crippen LogP contribution in [0.15, 0.2) is 29.2 Å². The van der Waals surface area contributed by atoms with Gasteiger partial charge in [0.25, 0.3) is 10.0 Å². The van der Waals surface area contributed by atoms with E-state index in [4.69, 9.17) is 0 Å². The van der Waals surface area contributed by atoms with E-state index in [0.29, 0.717) is 0 Å². The second kappa shape index (κ2) is 5.06. The fourth-order valence-corrected chi connectivity index (χ4v) is 1.86. The maximum absolute atomic E-state index is 11.4. The van der Waals surface area contributed by atoms with Crippen LogP contribution in [-0.2, 0) is 19.6 Å². The average molecular weight is 245 g/mol. The third kappa shape index (κ3) is 2.78. The Hall–Kier alpha value is -1.44. The number of carbonyl (C=O) groups is 1. The van der Waals surface area contributed by atoms with Crippen molar-refractivity contribution in [2.75, 3.05) is 14.2 Å². The quantitative estimate of drug-likeness (QED) is 0.610. The molecule has 0 aliphatic rings. The van der Waals surface area contributed by atoms with Gasteiger partial charge in [0.1, 0.15) is 0 Å². The summed E-state index contributed by atoms with van der Waals surface area (Å²) in [6, 6.07) is 5.29. The highest BCUT2D eigenvalue weighted by atomic mass is 32.2. The molecule has 0 bridgehead atoms. The Labute approximate surface area is 93.2 Å². The minimum atomic E-state index is -3.68. The molecule has 7 heteroatoms. The number of carbonyl (C=O) groups excluding carboxylic acids is 1. The van der Waals surface area contributed by atoms with Crippen molar-refractivity contribution in [2.45, 2.75) is 4.90 Å². The first-order valence-corrected chi connectivity index (χ1v) is 5.72. The summed E-state index contributed by atoms with van der Waals surface area (Å²) in [4.78, 5) is 17.3. The van der Waals surface area contributed by atoms with E-state index in [0.717, 1.165) is 0 Å². The molecular formula is C9H11NO5S. The molecule has 6 nitrogen and oxygen atoms in total. The summed E-state index contributed by atoms with van der Waals surface area (Å²) >= 11 is 0. The molecule has 0 saturated heterocycles. The number of rotatable bonds is 4. The molecule has 0 aliphatic carbocycles. The van der Waals surface area contributed by atoms with Crippen molar-refractivity contribution in [2.24, 2.45) is 0 Å². The molecule has 1 N–H and O–H groups in total. The van der Waals surface area contributed by atoms with Crippen LogP contribution in [0.4, 0.5) is 0 Å². The lowest BCUT2D eigenvalue weighted by molar-refractivity contribution is 0.0600. The Balaban J connectivity index is 3.00. The third-order valence-corrected chi connectivity index (χ3v) is 3.06. The van der Waals surface area contributed by atoms with Crippen molar-refractivity contribution >= 4 is 16.0 Å². The van der Waals surface area contributed by atoms with Crippen LogP contribution in [0, 0.1) is 0 Å². The highest BCUT2D eigenvalue weighted by Crippen LogP contribution is 2.10. The lowest BCUT2D eigenvalue weighted by Crippen LogP contribution is -2.22. The molecule has 16 heavy (non-hydrogen) atoms. The maximum atomic E-state index is 11.4. The van der Waals surface area contributed by atoms with Crippen molar-refractivity contribution in [3.05, 3.63) is 29.8 Å². The molecule has 0 spiro atoms. The van der Waals surface area contributed by atoms with Crippen molar-refractivity contribution in [3.8, 4) is 0 Å². The van der Waals surface area contributed by atoms with E-state index in [1.54, 1.807) is 0 Å². The number of benzene rings is 1. The maximum Gasteiger partial charge on any atom is 0.337 e. The van der Waals surface area contributed by atoms with E-state index in [-0.39, 0.29) is 10.5 Å². The summed E-state index contributed by atoms with van der Waals surface area (Å²) in [5.41, 5.74) is 0.277. The summed E-state index contributed by atoms with van der Waals surface area (Å²) < 4.78 is 27.3. The lowest BCUT2D eigenvalue weighted by Gasteiger charge is -2.04. The zero-order chi connectivity index (χ0) is 12.2. The van der Waals surface area contributed by atoms with Gasteiger partial charge in [-0.05, 0) is 24.3 Å². The number of hydrogen-bond acceptors (Lipinski definition) is 5. The highest BCUT2D eigenvalue weighted by molar-refractivity contribution is 7.89. The predicted octanol–water partition coefficient (Wildman–Crippen LogP) is 0.313. The normalized spacial score (nSPS) is 11.1. The molecule has 0 amide bonds. The van der Waals surface area contributed by atoms with Crippen molar-refractivity contribution in [3.63, 3.8) is 0 Å². The second-order valence-corrected chi connectivity index (χ2v) is 4.45. The monoisotopic (exact) mass is 245 g/mol. The average Bonchev–Trinajstić information content (AvgIpc) is 2.28. The molecule has 0 aliphatic heterocycles. The Morgan fingerprint density at radius 3 is 2.19 bits per heavy atom. The van der Waals surface area contributed by atoms with Crippen molar-refractivity contribution in [1.82, 2.24) is 4.89 Å². The van der Waals surface area contributed by atoms with Crippen molar-refractivity contribution in [1.29, 1.82) is 0 Å². The van der Waals surface area contributed by atoms with Crippen LogP contribution < -0.4 is 4.89 Å². The molecule has 0 heterocycles. The molecule has 0 fully saturated rings. The van der Waals surface area contributed by atoms with E-state index >= 15 is 0 Å². The zero-order valence-corrected chi connectivity index (χ0v) is 9.58. The fraction of sp³-hybridized carbons (Fsp3) is 0.222. The van der Waals surface area contributed by atoms with Crippen molar-refractivity contribution < 1.29 is 22.8 Å². The predicted molar refractivity (Wildman–Crippen MR) is 55.1 cm³/mol. The van der Waals surface area contributed by atoms with Gasteiger partial charge in [-0.3, -0.25) is 4.84 Å². The van der Waals surface area contributed by atoms with E-state index in [1.165, 1.54) is 38.5 Å². The van der Waals surface area contributed by atoms with Gasteiger partial charge in [-0.25, -0.2) is 13.2 Å². The van der Waals surface area contributed by atoms with E-state index in [9.17, 15) is 13.2 Å². The van der Waals surface area contributed by atoms with Crippen LogP contribution in [0.25, 0.3) is 0 Å². The smallest absolute Gasteiger partial charge is 0.337 e. The lowest BCUT2D eigenvalue weighted by atomic mass is 10.2. The number of esters is 1. The molecule has 0 radical (unpaired) electrons. The van der Waals surface area contributed by atoms with Crippen LogP contribution in [-0.4, -0.2) is 28.6 Å². The molecule has 1 aromatic rings. The van der Waals surface area contributed by atoms with Gasteiger partial charge in [0.2, 0.25) is 0 Å². The number of sulfonamides is 1. The Morgan fingerprint density at radius 2 is 1.75 bits per heavy atom. The molecule has 0 atom stereocenters. The first kappa shape index (κ1) is 12.6. The Morgan fingerprint density at radius 1 is 1.19 bits per heavy atom. The van der Waals surface area contributed by atoms with Gasteiger partial charge in [-0.2, -0.15) is 0 Å². The summed E-state index contributed by atoms with van der Waals surface area (Å²) in [7, 11) is -1.24. The first-order chi connectivity index (χ1) is 7.51. The molecule has 88 valence electrons. The minimum Gasteiger partial charge on any atom is -0.465 e. The van der Waals surface area contributed by atoms with E-state index in [2.05, 4.69) is 9.57 Å². The van der Waals surface area contributed by atoms with Gasteiger partial charge >= 0.3 is 5.97 Å². The number of ether oxygens (including phenoxy) is 1. The number of nitrogens with one attached hydrogen (secondary N) is 1. The summed E-state index contributed by atoms with van der Waals surface area (Å²) in [6.07, 6.45) is 0. The van der Waals surface area contributed by atoms with E-state index < -0.39 is 16.0 Å². The Bertz CT molecular complexity index is 465. The van der Waals surface area contributed by atoms with Crippen LogP contribution in [0.2, 0.25) is 0 Å². The van der Waals surface area contributed by atoms with Crippen LogP contribution in [0.1, 0.15) is 10.4 Å². The fourth-order valence-electron chi connectivity index (χ4n) is 1.05. The minimum absolute atomic E-state index is 0.00185. The van der Waals surface area contributed by atoms with Gasteiger partial charge < -0.3 is 4.74 Å². The van der Waals surface area contributed by atoms with Gasteiger partial charge in [0, 0.05) is 0 Å². The van der Waals surface area contributed by atoms with Gasteiger partial charge in [-0.15, -0.1) is 0 Å². The van der Waals surface area contributed by atoms with Gasteiger partial charge in [-0.1, -0.05) is 4.89 Å². The van der Waals surface area contributed by atoms with Crippen LogP contribution in [0.5, 0.6) is 0 Å². The second-order valence-electron chi connectivity index (χ2n) is 2.81. The highest BCUT2D eigenvalue weighted by Gasteiger charge is 2.14. The topological polar surface area (TPSA) is 81.7 Å². The van der Waals surface area contributed by atoms with Crippen LogP contribution >= 0.6 is 0 Å². The number of hydrogen-bond donors (Lipinski definition) is 1. The molecular weight excluding hydrogens is 234 g/mol. The van der Waals surface area contributed by atoms with Crippen LogP contribution in [0.3, 0.4) is 0 Å². The molecule has 1 rings (SSSR count). The van der Waals surface area contributed by atoms with Gasteiger partial charge in [0.15, 0.2) is 0 Å². The Kier molecular flexibility index (Phi) is 3.99. The third-order valence-electron chi connectivity index (χ3n) is 1.78. The molecule has 1 aromatic carbocycles. The number of methoxy groups -OCH3 is 1. The summed E-state index contributed by atoms with van der Waals surface area (Å²) in [5.74, 6) is -0.524. The molecule has 0 unspecified atom stereocenters. The summed E-state index contributed by atoms with van der Waals surface area (Å²) in [6.45, 7) is 0. The summed E-state index contributed by atoms with van der Waals surface area (Å²) in [5, 5.41) is 0. The van der Waals surface area contributed by atoms with Gasteiger partial charge in [0.05, 0.1) is 24.7 Å². The molecule has 0 saturated carbocycles. The standard InChI is InChI=1S/C9H11NO5S/c1-14-9(11)7-3-5-8(6-4-7)16(12,13)10-15-2/h3-6,10H,1-2H3. The molecule has 0 aromatic heterocycles.